The lowest BCUT2D eigenvalue weighted by Crippen LogP contribution is -2.02. The number of aromatic nitrogens is 2. The van der Waals surface area contributed by atoms with E-state index in [9.17, 15) is 4.79 Å². The molecule has 0 spiro atoms. The van der Waals surface area contributed by atoms with E-state index in [2.05, 4.69) is 12.0 Å². The molecular weight excluding hydrogens is 264 g/mol. The Morgan fingerprint density at radius 1 is 1.19 bits per heavy atom. The second kappa shape index (κ2) is 5.40. The van der Waals surface area contributed by atoms with Crippen molar-refractivity contribution in [3.63, 3.8) is 0 Å². The highest BCUT2D eigenvalue weighted by Crippen LogP contribution is 2.27. The third-order valence-corrected chi connectivity index (χ3v) is 3.54. The summed E-state index contributed by atoms with van der Waals surface area (Å²) in [5.74, 6) is -0.367. The molecule has 1 aromatic carbocycles. The number of hydrogen-bond donors (Lipinski definition) is 0. The van der Waals surface area contributed by atoms with Crippen LogP contribution in [0.5, 0.6) is 0 Å². The number of hydrogen-bond acceptors (Lipinski definition) is 3. The normalized spacial score (nSPS) is 10.8. The smallest absolute Gasteiger partial charge is 0.342 e. The fourth-order valence-electron chi connectivity index (χ4n) is 2.40. The molecule has 106 valence electrons. The summed E-state index contributed by atoms with van der Waals surface area (Å²) < 4.78 is 6.69. The van der Waals surface area contributed by atoms with Crippen LogP contribution in [0.2, 0.25) is 0 Å². The van der Waals surface area contributed by atoms with Gasteiger partial charge >= 0.3 is 5.97 Å². The van der Waals surface area contributed by atoms with E-state index in [-0.39, 0.29) is 5.97 Å². The predicted molar refractivity (Wildman–Crippen MR) is 81.3 cm³/mol. The first kappa shape index (κ1) is 13.4. The first-order valence-corrected chi connectivity index (χ1v) is 6.89. The topological polar surface area (TPSA) is 43.6 Å². The van der Waals surface area contributed by atoms with Crippen molar-refractivity contribution < 1.29 is 9.53 Å². The van der Waals surface area contributed by atoms with Gasteiger partial charge in [-0.05, 0) is 18.1 Å². The van der Waals surface area contributed by atoms with Gasteiger partial charge in [-0.2, -0.15) is 5.10 Å². The number of carbonyl (C=O) groups is 1. The second-order valence-corrected chi connectivity index (χ2v) is 4.80. The maximum Gasteiger partial charge on any atom is 0.342 e. The van der Waals surface area contributed by atoms with Gasteiger partial charge in [-0.3, -0.25) is 0 Å². The summed E-state index contributed by atoms with van der Waals surface area (Å²) in [4.78, 5) is 12.2. The summed E-state index contributed by atoms with van der Waals surface area (Å²) in [6.07, 6.45) is 2.87. The molecule has 0 saturated carbocycles. The first-order valence-electron chi connectivity index (χ1n) is 6.89. The Bertz CT molecular complexity index is 791. The van der Waals surface area contributed by atoms with Gasteiger partial charge in [0.05, 0.1) is 12.6 Å². The van der Waals surface area contributed by atoms with Gasteiger partial charge in [-0.15, -0.1) is 0 Å². The third-order valence-electron chi connectivity index (χ3n) is 3.54. The van der Waals surface area contributed by atoms with Crippen molar-refractivity contribution in [1.29, 1.82) is 0 Å². The van der Waals surface area contributed by atoms with Gasteiger partial charge in [-0.1, -0.05) is 43.3 Å². The highest BCUT2D eigenvalue weighted by atomic mass is 16.5. The number of benzene rings is 1. The van der Waals surface area contributed by atoms with Gasteiger partial charge in [-0.25, -0.2) is 9.31 Å². The number of fused-ring (bicyclic) bond motifs is 1. The molecule has 0 N–H and O–H groups in total. The van der Waals surface area contributed by atoms with Crippen molar-refractivity contribution in [1.82, 2.24) is 9.61 Å². The molecule has 3 aromatic rings. The van der Waals surface area contributed by atoms with Crippen molar-refractivity contribution in [2.45, 2.75) is 13.3 Å². The molecule has 0 atom stereocenters. The minimum Gasteiger partial charge on any atom is -0.465 e. The number of aryl methyl sites for hydroxylation is 1. The minimum atomic E-state index is -0.367. The van der Waals surface area contributed by atoms with Crippen LogP contribution in [0.15, 0.2) is 48.7 Å². The van der Waals surface area contributed by atoms with E-state index >= 15 is 0 Å². The summed E-state index contributed by atoms with van der Waals surface area (Å²) in [5, 5.41) is 4.58. The van der Waals surface area contributed by atoms with E-state index in [4.69, 9.17) is 4.74 Å². The van der Waals surface area contributed by atoms with Crippen molar-refractivity contribution in [3.8, 4) is 11.3 Å². The van der Waals surface area contributed by atoms with Crippen LogP contribution in [-0.4, -0.2) is 22.7 Å². The number of carbonyl (C=O) groups excluding carboxylic acids is 1. The third kappa shape index (κ3) is 2.29. The molecule has 3 rings (SSSR count). The van der Waals surface area contributed by atoms with E-state index in [1.807, 2.05) is 48.7 Å². The molecule has 0 unspecified atom stereocenters. The highest BCUT2D eigenvalue weighted by Gasteiger charge is 2.21. The maximum atomic E-state index is 12.2. The van der Waals surface area contributed by atoms with E-state index in [1.54, 1.807) is 4.52 Å². The molecule has 2 heterocycles. The zero-order valence-corrected chi connectivity index (χ0v) is 12.0. The molecule has 0 aliphatic carbocycles. The molecular formula is C17H16N2O2. The monoisotopic (exact) mass is 280 g/mol. The number of pyridine rings is 1. The van der Waals surface area contributed by atoms with Gasteiger partial charge in [0.1, 0.15) is 11.3 Å². The Balaban J connectivity index is 2.29. The molecule has 0 saturated heterocycles. The molecule has 0 aliphatic rings. The van der Waals surface area contributed by atoms with Crippen molar-refractivity contribution in [3.05, 3.63) is 59.8 Å². The van der Waals surface area contributed by atoms with E-state index in [0.29, 0.717) is 11.3 Å². The SMILES string of the molecule is CCc1ccc2c(C(=O)OC)c(-c3ccccc3)nn2c1. The molecule has 0 aliphatic heterocycles. The summed E-state index contributed by atoms with van der Waals surface area (Å²) in [7, 11) is 1.39. The zero-order chi connectivity index (χ0) is 14.8. The van der Waals surface area contributed by atoms with Crippen LogP contribution in [-0.2, 0) is 11.2 Å². The lowest BCUT2D eigenvalue weighted by Gasteiger charge is -2.01. The number of ether oxygens (including phenoxy) is 1. The van der Waals surface area contributed by atoms with Gasteiger partial charge in [0.15, 0.2) is 0 Å². The number of methoxy groups -OCH3 is 1. The molecule has 0 radical (unpaired) electrons. The van der Waals surface area contributed by atoms with Crippen LogP contribution < -0.4 is 0 Å². The van der Waals surface area contributed by atoms with Crippen molar-refractivity contribution in [2.75, 3.05) is 7.11 Å². The van der Waals surface area contributed by atoms with Crippen LogP contribution in [0.4, 0.5) is 0 Å². The van der Waals surface area contributed by atoms with Gasteiger partial charge < -0.3 is 4.74 Å². The van der Waals surface area contributed by atoms with Crippen LogP contribution in [0.1, 0.15) is 22.8 Å². The average molecular weight is 280 g/mol. The van der Waals surface area contributed by atoms with Crippen LogP contribution in [0.25, 0.3) is 16.8 Å². The van der Waals surface area contributed by atoms with Gasteiger partial charge in [0.25, 0.3) is 0 Å². The quantitative estimate of drug-likeness (QED) is 0.691. The van der Waals surface area contributed by atoms with Crippen LogP contribution in [0.3, 0.4) is 0 Å². The molecule has 4 heteroatoms. The van der Waals surface area contributed by atoms with Crippen LogP contribution >= 0.6 is 0 Å². The summed E-state index contributed by atoms with van der Waals surface area (Å²) >= 11 is 0. The maximum absolute atomic E-state index is 12.2. The number of rotatable bonds is 3. The molecule has 0 fully saturated rings. The summed E-state index contributed by atoms with van der Waals surface area (Å²) in [6.45, 7) is 2.09. The first-order chi connectivity index (χ1) is 10.2. The number of esters is 1. The zero-order valence-electron chi connectivity index (χ0n) is 12.0. The average Bonchev–Trinajstić information content (AvgIpc) is 2.93. The van der Waals surface area contributed by atoms with Crippen molar-refractivity contribution in [2.24, 2.45) is 0 Å². The lowest BCUT2D eigenvalue weighted by atomic mass is 10.1. The number of nitrogens with zero attached hydrogens (tertiary/aromatic N) is 2. The Labute approximate surface area is 123 Å². The molecule has 21 heavy (non-hydrogen) atoms. The highest BCUT2D eigenvalue weighted by molar-refractivity contribution is 6.03. The van der Waals surface area contributed by atoms with E-state index in [1.165, 1.54) is 12.7 Å². The van der Waals surface area contributed by atoms with E-state index in [0.717, 1.165) is 17.5 Å². The Kier molecular flexibility index (Phi) is 3.44. The van der Waals surface area contributed by atoms with Gasteiger partial charge in [0.2, 0.25) is 0 Å². The standard InChI is InChI=1S/C17H16N2O2/c1-3-12-9-10-14-15(17(20)21-2)16(18-19(14)11-12)13-7-5-4-6-8-13/h4-11H,3H2,1-2H3. The van der Waals surface area contributed by atoms with Crippen LogP contribution in [0, 0.1) is 0 Å². The predicted octanol–water partition coefficient (Wildman–Crippen LogP) is 3.35. The minimum absolute atomic E-state index is 0.367. The fraction of sp³-hybridized carbons (Fsp3) is 0.176. The second-order valence-electron chi connectivity index (χ2n) is 4.80. The Morgan fingerprint density at radius 3 is 2.62 bits per heavy atom. The summed E-state index contributed by atoms with van der Waals surface area (Å²) in [6, 6.07) is 13.6. The Hall–Kier alpha value is -2.62. The van der Waals surface area contributed by atoms with E-state index < -0.39 is 0 Å². The van der Waals surface area contributed by atoms with Crippen molar-refractivity contribution >= 4 is 11.5 Å². The molecule has 4 nitrogen and oxygen atoms in total. The Morgan fingerprint density at radius 2 is 1.95 bits per heavy atom. The van der Waals surface area contributed by atoms with Gasteiger partial charge in [0, 0.05) is 11.8 Å². The largest absolute Gasteiger partial charge is 0.465 e. The fourth-order valence-corrected chi connectivity index (χ4v) is 2.40. The molecule has 2 aromatic heterocycles. The summed E-state index contributed by atoms with van der Waals surface area (Å²) in [5.41, 5.74) is 3.99. The molecule has 0 amide bonds. The lowest BCUT2D eigenvalue weighted by molar-refractivity contribution is 0.0604. The molecule has 0 bridgehead atoms.